The Bertz CT molecular complexity index is 604. The van der Waals surface area contributed by atoms with E-state index >= 15 is 0 Å². The minimum atomic E-state index is 0.263. The zero-order valence-electron chi connectivity index (χ0n) is 10.4. The summed E-state index contributed by atoms with van der Waals surface area (Å²) >= 11 is 0. The third-order valence-corrected chi connectivity index (χ3v) is 2.77. The number of hydrogen-bond acceptors (Lipinski definition) is 5. The Hall–Kier alpha value is -2.76. The van der Waals surface area contributed by atoms with Crippen LogP contribution in [0.5, 0.6) is 0 Å². The maximum Gasteiger partial charge on any atom is 0.218 e. The van der Waals surface area contributed by atoms with E-state index in [0.717, 1.165) is 11.3 Å². The Morgan fingerprint density at radius 2 is 1.89 bits per heavy atom. The van der Waals surface area contributed by atoms with Crippen LogP contribution >= 0.6 is 0 Å². The number of rotatable bonds is 3. The second-order valence-electron chi connectivity index (χ2n) is 3.95. The fourth-order valence-corrected chi connectivity index (χ4v) is 1.77. The summed E-state index contributed by atoms with van der Waals surface area (Å²) in [6.07, 6.45) is 9.57. The van der Waals surface area contributed by atoms with Crippen LogP contribution < -0.4 is 16.9 Å². The summed E-state index contributed by atoms with van der Waals surface area (Å²) in [5, 5.41) is 6.12. The molecule has 1 aromatic rings. The van der Waals surface area contributed by atoms with Gasteiger partial charge in [-0.05, 0) is 25.3 Å². The first-order valence-electron chi connectivity index (χ1n) is 5.67. The minimum absolute atomic E-state index is 0.263. The summed E-state index contributed by atoms with van der Waals surface area (Å²) in [7, 11) is 0. The average molecular weight is 255 g/mol. The summed E-state index contributed by atoms with van der Waals surface area (Å²) in [6.45, 7) is 3.49. The predicted molar refractivity (Wildman–Crippen MR) is 76.4 cm³/mol. The molecule has 0 bridgehead atoms. The van der Waals surface area contributed by atoms with Gasteiger partial charge in [0, 0.05) is 5.57 Å². The molecule has 96 valence electrons. The molecule has 0 aromatic carbocycles. The molecule has 6 N–H and O–H groups in total. The maximum atomic E-state index is 6.12. The predicted octanol–water partition coefficient (Wildman–Crippen LogP) is -0.340. The van der Waals surface area contributed by atoms with Crippen molar-refractivity contribution in [2.45, 2.75) is 6.42 Å². The normalized spacial score (nSPS) is 14.3. The molecule has 19 heavy (non-hydrogen) atoms. The molecule has 0 saturated carbocycles. The molecule has 0 saturated heterocycles. The first-order chi connectivity index (χ1) is 9.13. The van der Waals surface area contributed by atoms with Gasteiger partial charge in [0.15, 0.2) is 0 Å². The number of allylic oxidation sites excluding steroid dienone is 5. The van der Waals surface area contributed by atoms with Crippen LogP contribution in [0, 0.1) is 0 Å². The van der Waals surface area contributed by atoms with Gasteiger partial charge >= 0.3 is 0 Å². The van der Waals surface area contributed by atoms with Gasteiger partial charge in [-0.15, -0.1) is 0 Å². The SMILES string of the molecule is C=NC1=CCC=C(C(=[NH2+])c2c(N)ncnc2N)C=C1. The summed E-state index contributed by atoms with van der Waals surface area (Å²) in [5.74, 6) is 0.525. The number of aromatic nitrogens is 2. The lowest BCUT2D eigenvalue weighted by molar-refractivity contribution is -0.111. The molecule has 1 aliphatic rings. The van der Waals surface area contributed by atoms with Gasteiger partial charge in [0.1, 0.15) is 23.5 Å². The van der Waals surface area contributed by atoms with Crippen molar-refractivity contribution < 1.29 is 5.41 Å². The Kier molecular flexibility index (Phi) is 3.51. The first-order valence-corrected chi connectivity index (χ1v) is 5.67. The summed E-state index contributed by atoms with van der Waals surface area (Å²) in [5.41, 5.74) is 14.1. The molecule has 2 rings (SSSR count). The standard InChI is InChI=1S/C13H14N6/c1-17-9-4-2-3-8(5-6-9)11(14)10-12(15)18-7-19-13(10)16/h3-7,14H,1-2H2,(H4,15,16,18,19)/p+1. The van der Waals surface area contributed by atoms with Crippen molar-refractivity contribution in [1.82, 2.24) is 9.97 Å². The van der Waals surface area contributed by atoms with Gasteiger partial charge < -0.3 is 11.5 Å². The Morgan fingerprint density at radius 1 is 1.21 bits per heavy atom. The maximum absolute atomic E-state index is 6.12. The van der Waals surface area contributed by atoms with Crippen LogP contribution in [0.1, 0.15) is 12.0 Å². The lowest BCUT2D eigenvalue weighted by Crippen LogP contribution is -2.42. The van der Waals surface area contributed by atoms with Gasteiger partial charge in [0.25, 0.3) is 0 Å². The van der Waals surface area contributed by atoms with Gasteiger partial charge in [0.2, 0.25) is 5.71 Å². The highest BCUT2D eigenvalue weighted by Crippen LogP contribution is 2.20. The molecule has 0 aliphatic heterocycles. The van der Waals surface area contributed by atoms with Gasteiger partial charge in [-0.25, -0.2) is 9.97 Å². The second kappa shape index (κ2) is 5.26. The van der Waals surface area contributed by atoms with E-state index < -0.39 is 0 Å². The average Bonchev–Trinajstić information content (AvgIpc) is 2.63. The highest BCUT2D eigenvalue weighted by molar-refractivity contribution is 6.15. The Morgan fingerprint density at radius 3 is 2.53 bits per heavy atom. The molecule has 6 nitrogen and oxygen atoms in total. The quantitative estimate of drug-likeness (QED) is 0.641. The van der Waals surface area contributed by atoms with Gasteiger partial charge in [0.05, 0.1) is 5.70 Å². The molecule has 0 amide bonds. The summed E-state index contributed by atoms with van der Waals surface area (Å²) in [4.78, 5) is 11.7. The van der Waals surface area contributed by atoms with Crippen molar-refractivity contribution in [2.75, 3.05) is 11.5 Å². The number of nitrogens with two attached hydrogens (primary N) is 3. The summed E-state index contributed by atoms with van der Waals surface area (Å²) < 4.78 is 0. The van der Waals surface area contributed by atoms with Crippen LogP contribution in [0.25, 0.3) is 0 Å². The fourth-order valence-electron chi connectivity index (χ4n) is 1.77. The number of hydrogen-bond donors (Lipinski definition) is 3. The molecular weight excluding hydrogens is 240 g/mol. The van der Waals surface area contributed by atoms with E-state index in [4.69, 9.17) is 16.9 Å². The van der Waals surface area contributed by atoms with Crippen LogP contribution in [0.3, 0.4) is 0 Å². The van der Waals surface area contributed by atoms with Gasteiger partial charge in [-0.3, -0.25) is 10.4 Å². The second-order valence-corrected chi connectivity index (χ2v) is 3.95. The highest BCUT2D eigenvalue weighted by Gasteiger charge is 2.20. The zero-order valence-corrected chi connectivity index (χ0v) is 10.4. The van der Waals surface area contributed by atoms with Crippen molar-refractivity contribution in [1.29, 1.82) is 0 Å². The molecule has 0 fully saturated rings. The van der Waals surface area contributed by atoms with Crippen molar-refractivity contribution in [3.05, 3.63) is 47.5 Å². The van der Waals surface area contributed by atoms with Gasteiger partial charge in [-0.2, -0.15) is 0 Å². The molecule has 1 heterocycles. The molecular formula is C13H15N6+. The number of nitrogens with zero attached hydrogens (tertiary/aromatic N) is 3. The largest absolute Gasteiger partial charge is 0.383 e. The van der Waals surface area contributed by atoms with Crippen molar-refractivity contribution >= 4 is 24.1 Å². The fraction of sp³-hybridized carbons (Fsp3) is 0.0769. The van der Waals surface area contributed by atoms with E-state index in [1.54, 1.807) is 0 Å². The van der Waals surface area contributed by atoms with Crippen LogP contribution in [-0.4, -0.2) is 22.4 Å². The third kappa shape index (κ3) is 2.57. The van der Waals surface area contributed by atoms with Crippen LogP contribution in [0.4, 0.5) is 11.6 Å². The Labute approximate surface area is 110 Å². The van der Waals surface area contributed by atoms with Crippen LogP contribution in [-0.2, 0) is 0 Å². The molecule has 1 aliphatic carbocycles. The monoisotopic (exact) mass is 255 g/mol. The van der Waals surface area contributed by atoms with E-state index in [1.165, 1.54) is 6.33 Å². The third-order valence-electron chi connectivity index (χ3n) is 2.77. The molecule has 6 heteroatoms. The molecule has 0 spiro atoms. The van der Waals surface area contributed by atoms with E-state index in [9.17, 15) is 0 Å². The molecule has 0 atom stereocenters. The number of aliphatic imine (C=N–C) groups is 1. The van der Waals surface area contributed by atoms with E-state index in [-0.39, 0.29) is 11.6 Å². The number of nitrogen functional groups attached to an aromatic ring is 2. The molecule has 1 aromatic heterocycles. The lowest BCUT2D eigenvalue weighted by atomic mass is 10.0. The van der Waals surface area contributed by atoms with Crippen molar-refractivity contribution in [2.24, 2.45) is 4.99 Å². The lowest BCUT2D eigenvalue weighted by Gasteiger charge is -2.05. The van der Waals surface area contributed by atoms with E-state index in [0.29, 0.717) is 17.7 Å². The molecule has 0 unspecified atom stereocenters. The zero-order chi connectivity index (χ0) is 13.8. The van der Waals surface area contributed by atoms with Crippen LogP contribution in [0.15, 0.2) is 46.9 Å². The van der Waals surface area contributed by atoms with E-state index in [1.807, 2.05) is 24.3 Å². The van der Waals surface area contributed by atoms with E-state index in [2.05, 4.69) is 21.7 Å². The Balaban J connectivity index is 2.36. The smallest absolute Gasteiger partial charge is 0.218 e. The first kappa shape index (κ1) is 12.7. The topological polar surface area (TPSA) is 116 Å². The number of anilines is 2. The summed E-state index contributed by atoms with van der Waals surface area (Å²) in [6, 6.07) is 0. The van der Waals surface area contributed by atoms with Crippen molar-refractivity contribution in [3.8, 4) is 0 Å². The highest BCUT2D eigenvalue weighted by atomic mass is 15.0. The van der Waals surface area contributed by atoms with Crippen molar-refractivity contribution in [3.63, 3.8) is 0 Å². The van der Waals surface area contributed by atoms with Gasteiger partial charge in [-0.1, -0.05) is 12.2 Å². The minimum Gasteiger partial charge on any atom is -0.383 e. The van der Waals surface area contributed by atoms with Crippen LogP contribution in [0.2, 0.25) is 0 Å². The molecule has 0 radical (unpaired) electrons.